The van der Waals surface area contributed by atoms with Crippen LogP contribution in [0.5, 0.6) is 17.2 Å². The Morgan fingerprint density at radius 1 is 1.10 bits per heavy atom. The van der Waals surface area contributed by atoms with Crippen LogP contribution >= 0.6 is 11.6 Å². The van der Waals surface area contributed by atoms with E-state index in [1.54, 1.807) is 56.6 Å². The van der Waals surface area contributed by atoms with Gasteiger partial charge < -0.3 is 29.0 Å². The first-order valence-electron chi connectivity index (χ1n) is 13.2. The van der Waals surface area contributed by atoms with Gasteiger partial charge in [-0.2, -0.15) is 0 Å². The molecule has 6 rings (SSSR count). The molecule has 0 unspecified atom stereocenters. The lowest BCUT2D eigenvalue weighted by atomic mass is 10.1. The fourth-order valence-corrected chi connectivity index (χ4v) is 4.76. The summed E-state index contributed by atoms with van der Waals surface area (Å²) >= 11 is 6.46. The number of pyridine rings is 1. The highest BCUT2D eigenvalue weighted by molar-refractivity contribution is 6.34. The fourth-order valence-electron chi connectivity index (χ4n) is 4.54. The minimum atomic E-state index is -0.516. The molecule has 216 valence electrons. The monoisotopic (exact) mass is 590 g/mol. The molecule has 3 aromatic heterocycles. The van der Waals surface area contributed by atoms with Crippen LogP contribution in [-0.2, 0) is 6.54 Å². The van der Waals surface area contributed by atoms with Gasteiger partial charge in [-0.1, -0.05) is 16.8 Å². The second-order valence-corrected chi connectivity index (χ2v) is 9.96. The minimum absolute atomic E-state index is 0.280. The number of carbonyl (C=O) groups is 1. The molecule has 0 bridgehead atoms. The standard InChI is InChI=1S/C28H27ClN8O5/c1-16-11-25(36-42-16)33-28(38)32-21-4-3-17(12-20(21)29)40-23-5-6-31-22-14-24(39-2)19(13-18(22)23)27-35-34-26(41-27)15-37-9-7-30-8-10-37/h3-6,11-14,30H,7-10,15H2,1-2H3,(H2,32,33,36,38). The zero-order valence-corrected chi connectivity index (χ0v) is 23.6. The summed E-state index contributed by atoms with van der Waals surface area (Å²) in [5.41, 5.74) is 1.66. The minimum Gasteiger partial charge on any atom is -0.496 e. The summed E-state index contributed by atoms with van der Waals surface area (Å²) in [4.78, 5) is 19.1. The van der Waals surface area contributed by atoms with Crippen molar-refractivity contribution in [2.75, 3.05) is 43.9 Å². The molecule has 1 aliphatic rings. The average molecular weight is 591 g/mol. The fraction of sp³-hybridized carbons (Fsp3) is 0.250. The molecule has 0 atom stereocenters. The highest BCUT2D eigenvalue weighted by Crippen LogP contribution is 2.38. The summed E-state index contributed by atoms with van der Waals surface area (Å²) in [6.45, 7) is 6.00. The van der Waals surface area contributed by atoms with E-state index in [9.17, 15) is 4.79 Å². The van der Waals surface area contributed by atoms with E-state index >= 15 is 0 Å². The van der Waals surface area contributed by atoms with E-state index in [2.05, 4.69) is 41.2 Å². The van der Waals surface area contributed by atoms with E-state index in [-0.39, 0.29) is 10.8 Å². The van der Waals surface area contributed by atoms with Crippen molar-refractivity contribution in [2.45, 2.75) is 13.5 Å². The van der Waals surface area contributed by atoms with Crippen molar-refractivity contribution in [1.29, 1.82) is 0 Å². The summed E-state index contributed by atoms with van der Waals surface area (Å²) in [6.07, 6.45) is 1.64. The van der Waals surface area contributed by atoms with Crippen molar-refractivity contribution in [3.8, 4) is 28.7 Å². The number of amides is 2. The lowest BCUT2D eigenvalue weighted by Crippen LogP contribution is -2.42. The lowest BCUT2D eigenvalue weighted by molar-refractivity contribution is 0.213. The van der Waals surface area contributed by atoms with Crippen LogP contribution in [0.25, 0.3) is 22.4 Å². The second-order valence-electron chi connectivity index (χ2n) is 9.55. The number of hydrogen-bond donors (Lipinski definition) is 3. The Kier molecular flexibility index (Phi) is 7.86. The van der Waals surface area contributed by atoms with Gasteiger partial charge in [0.1, 0.15) is 23.0 Å². The number of methoxy groups -OCH3 is 1. The van der Waals surface area contributed by atoms with E-state index in [1.165, 1.54) is 0 Å². The number of fused-ring (bicyclic) bond motifs is 1. The van der Waals surface area contributed by atoms with Crippen molar-refractivity contribution in [2.24, 2.45) is 0 Å². The van der Waals surface area contributed by atoms with Gasteiger partial charge in [0, 0.05) is 56.0 Å². The number of piperazine rings is 1. The molecule has 0 saturated carbocycles. The van der Waals surface area contributed by atoms with Crippen LogP contribution in [-0.4, -0.2) is 64.6 Å². The third-order valence-corrected chi connectivity index (χ3v) is 6.89. The Labute approximate surface area is 245 Å². The maximum atomic E-state index is 12.3. The molecule has 2 aromatic carbocycles. The number of carbonyl (C=O) groups excluding carboxylic acids is 1. The van der Waals surface area contributed by atoms with Gasteiger partial charge in [-0.25, -0.2) is 4.79 Å². The highest BCUT2D eigenvalue weighted by Gasteiger charge is 2.20. The predicted molar refractivity (Wildman–Crippen MR) is 155 cm³/mol. The van der Waals surface area contributed by atoms with Crippen molar-refractivity contribution in [3.63, 3.8) is 0 Å². The van der Waals surface area contributed by atoms with Crippen molar-refractivity contribution in [1.82, 2.24) is 30.6 Å². The molecule has 2 amide bonds. The van der Waals surface area contributed by atoms with Crippen molar-refractivity contribution in [3.05, 3.63) is 65.3 Å². The Balaban J connectivity index is 1.22. The quantitative estimate of drug-likeness (QED) is 0.221. The van der Waals surface area contributed by atoms with Crippen LogP contribution in [0.3, 0.4) is 0 Å². The molecular weight excluding hydrogens is 564 g/mol. The number of rotatable bonds is 8. The molecule has 0 spiro atoms. The topological polar surface area (TPSA) is 153 Å². The summed E-state index contributed by atoms with van der Waals surface area (Å²) in [5, 5.41) is 21.9. The van der Waals surface area contributed by atoms with Gasteiger partial charge in [0.15, 0.2) is 5.82 Å². The second kappa shape index (κ2) is 12.0. The van der Waals surface area contributed by atoms with Crippen LogP contribution in [0.15, 0.2) is 57.6 Å². The first kappa shape index (κ1) is 27.4. The molecule has 13 nitrogen and oxygen atoms in total. The largest absolute Gasteiger partial charge is 0.496 e. The highest BCUT2D eigenvalue weighted by atomic mass is 35.5. The Bertz CT molecular complexity index is 1730. The number of benzene rings is 2. The normalized spacial score (nSPS) is 13.7. The first-order chi connectivity index (χ1) is 20.4. The SMILES string of the molecule is COc1cc2nccc(Oc3ccc(NC(=O)Nc4cc(C)on4)c(Cl)c3)c2cc1-c1nnc(CN2CCNCC2)o1. The number of aryl methyl sites for hydroxylation is 1. The maximum Gasteiger partial charge on any atom is 0.324 e. The van der Waals surface area contributed by atoms with Gasteiger partial charge in [0.05, 0.1) is 35.4 Å². The molecule has 1 fully saturated rings. The molecule has 1 saturated heterocycles. The zero-order valence-electron chi connectivity index (χ0n) is 22.8. The molecular formula is C28H27ClN8O5. The van der Waals surface area contributed by atoms with E-state index in [0.717, 1.165) is 26.2 Å². The van der Waals surface area contributed by atoms with Crippen LogP contribution in [0, 0.1) is 6.92 Å². The van der Waals surface area contributed by atoms with Crippen molar-refractivity contribution < 1.29 is 23.2 Å². The lowest BCUT2D eigenvalue weighted by Gasteiger charge is -2.25. The number of ether oxygens (including phenoxy) is 2. The first-order valence-corrected chi connectivity index (χ1v) is 13.5. The summed E-state index contributed by atoms with van der Waals surface area (Å²) < 4.78 is 22.8. The van der Waals surface area contributed by atoms with Crippen molar-refractivity contribution >= 4 is 40.0 Å². The van der Waals surface area contributed by atoms with E-state index in [1.807, 2.05) is 6.07 Å². The average Bonchev–Trinajstić information content (AvgIpc) is 3.63. The summed E-state index contributed by atoms with van der Waals surface area (Å²) in [7, 11) is 1.58. The van der Waals surface area contributed by atoms with E-state index in [0.29, 0.717) is 63.5 Å². The zero-order chi connectivity index (χ0) is 29.1. The number of aromatic nitrogens is 4. The molecule has 3 N–H and O–H groups in total. The maximum absolute atomic E-state index is 12.3. The Morgan fingerprint density at radius 2 is 1.95 bits per heavy atom. The Morgan fingerprint density at radius 3 is 2.71 bits per heavy atom. The summed E-state index contributed by atoms with van der Waals surface area (Å²) in [6, 6.07) is 11.4. The number of nitrogens with zero attached hydrogens (tertiary/aromatic N) is 5. The van der Waals surface area contributed by atoms with Crippen LogP contribution in [0.1, 0.15) is 11.7 Å². The van der Waals surface area contributed by atoms with Crippen LogP contribution < -0.4 is 25.4 Å². The third kappa shape index (κ3) is 6.12. The molecule has 42 heavy (non-hydrogen) atoms. The third-order valence-electron chi connectivity index (χ3n) is 6.57. The molecule has 14 heteroatoms. The Hall–Kier alpha value is -4.72. The van der Waals surface area contributed by atoms with Crippen LogP contribution in [0.2, 0.25) is 5.02 Å². The number of hydrogen-bond acceptors (Lipinski definition) is 11. The number of nitrogens with one attached hydrogen (secondary N) is 3. The van der Waals surface area contributed by atoms with Crippen LogP contribution in [0.4, 0.5) is 16.3 Å². The number of anilines is 2. The van der Waals surface area contributed by atoms with Gasteiger partial charge >= 0.3 is 6.03 Å². The van der Waals surface area contributed by atoms with Gasteiger partial charge in [-0.3, -0.25) is 15.2 Å². The van der Waals surface area contributed by atoms with Gasteiger partial charge in [0.25, 0.3) is 5.89 Å². The molecule has 0 aliphatic carbocycles. The summed E-state index contributed by atoms with van der Waals surface area (Å²) in [5.74, 6) is 3.27. The smallest absolute Gasteiger partial charge is 0.324 e. The molecule has 0 radical (unpaired) electrons. The molecule has 4 heterocycles. The number of urea groups is 1. The molecule has 5 aromatic rings. The van der Waals surface area contributed by atoms with Gasteiger partial charge in [-0.15, -0.1) is 10.2 Å². The van der Waals surface area contributed by atoms with E-state index in [4.69, 9.17) is 30.0 Å². The predicted octanol–water partition coefficient (Wildman–Crippen LogP) is 5.08. The number of halogens is 1. The van der Waals surface area contributed by atoms with Gasteiger partial charge in [-0.05, 0) is 31.2 Å². The van der Waals surface area contributed by atoms with E-state index < -0.39 is 6.03 Å². The molecule has 1 aliphatic heterocycles. The van der Waals surface area contributed by atoms with Gasteiger partial charge in [0.2, 0.25) is 5.89 Å².